The lowest BCUT2D eigenvalue weighted by atomic mass is 10.2. The molecule has 20 heavy (non-hydrogen) atoms. The number of rotatable bonds is 2. The average Bonchev–Trinajstić information content (AvgIpc) is 2.75. The fourth-order valence-electron chi connectivity index (χ4n) is 1.96. The van der Waals surface area contributed by atoms with E-state index in [9.17, 15) is 31.1 Å². The highest BCUT2D eigenvalue weighted by Crippen LogP contribution is 2.33. The minimum absolute atomic E-state index is 0.0161. The zero-order chi connectivity index (χ0) is 15.1. The zero-order valence-electron chi connectivity index (χ0n) is 10.1. The molecule has 0 bridgehead atoms. The van der Waals surface area contributed by atoms with Crippen LogP contribution in [-0.4, -0.2) is 37.0 Å². The molecule has 1 fully saturated rings. The minimum atomic E-state index is -4.97. The van der Waals surface area contributed by atoms with E-state index >= 15 is 0 Å². The van der Waals surface area contributed by atoms with Crippen molar-refractivity contribution in [2.45, 2.75) is 23.6 Å². The van der Waals surface area contributed by atoms with Gasteiger partial charge in [0.15, 0.2) is 0 Å². The zero-order valence-corrected chi connectivity index (χ0v) is 10.9. The summed E-state index contributed by atoms with van der Waals surface area (Å²) in [6.45, 7) is -0.163. The lowest BCUT2D eigenvalue weighted by molar-refractivity contribution is -0.140. The standard InChI is InChI=1S/C11H11F4NO3S/c12-10-2-1-8(5-9(10)11(13,14)15)20(18,19)16-4-3-7(17)6-16/h1-2,5,7,17H,3-4,6H2/t7-/m1/s1. The summed E-state index contributed by atoms with van der Waals surface area (Å²) < 4.78 is 75.9. The Balaban J connectivity index is 2.43. The number of β-amino-alcohol motifs (C(OH)–C–C–N with tert-alkyl or cyclic N) is 1. The van der Waals surface area contributed by atoms with E-state index in [-0.39, 0.29) is 25.6 Å². The van der Waals surface area contributed by atoms with Crippen molar-refractivity contribution in [2.24, 2.45) is 0 Å². The first-order chi connectivity index (χ1) is 9.12. The fraction of sp³-hybridized carbons (Fsp3) is 0.455. The molecule has 112 valence electrons. The van der Waals surface area contributed by atoms with Crippen LogP contribution in [0.3, 0.4) is 0 Å². The largest absolute Gasteiger partial charge is 0.419 e. The summed E-state index contributed by atoms with van der Waals surface area (Å²) in [4.78, 5) is -0.639. The van der Waals surface area contributed by atoms with E-state index in [0.29, 0.717) is 6.07 Å². The Hall–Kier alpha value is -1.19. The van der Waals surface area contributed by atoms with Crippen LogP contribution in [0.2, 0.25) is 0 Å². The number of hydrogen-bond donors (Lipinski definition) is 1. The van der Waals surface area contributed by atoms with E-state index in [4.69, 9.17) is 0 Å². The number of halogens is 4. The van der Waals surface area contributed by atoms with Crippen molar-refractivity contribution >= 4 is 10.0 Å². The smallest absolute Gasteiger partial charge is 0.392 e. The molecule has 0 amide bonds. The quantitative estimate of drug-likeness (QED) is 0.844. The van der Waals surface area contributed by atoms with Crippen LogP contribution in [0.25, 0.3) is 0 Å². The van der Waals surface area contributed by atoms with E-state index in [0.717, 1.165) is 10.4 Å². The summed E-state index contributed by atoms with van der Waals surface area (Å²) in [5.74, 6) is -1.53. The van der Waals surface area contributed by atoms with Gasteiger partial charge in [-0.1, -0.05) is 0 Å². The average molecular weight is 313 g/mol. The molecule has 9 heteroatoms. The SMILES string of the molecule is O=S(=O)(c1ccc(F)c(C(F)(F)F)c1)N1CC[C@@H](O)C1. The van der Waals surface area contributed by atoms with Gasteiger partial charge < -0.3 is 5.11 Å². The second-order valence-electron chi connectivity index (χ2n) is 4.44. The Labute approximate surface area is 112 Å². The molecule has 0 spiro atoms. The Kier molecular flexibility index (Phi) is 3.78. The summed E-state index contributed by atoms with van der Waals surface area (Å²) >= 11 is 0. The highest BCUT2D eigenvalue weighted by atomic mass is 32.2. The highest BCUT2D eigenvalue weighted by Gasteiger charge is 2.37. The monoisotopic (exact) mass is 313 g/mol. The Morgan fingerprint density at radius 3 is 2.45 bits per heavy atom. The van der Waals surface area contributed by atoms with Gasteiger partial charge in [-0.15, -0.1) is 0 Å². The second kappa shape index (κ2) is 4.97. The number of aliphatic hydroxyl groups is 1. The Morgan fingerprint density at radius 1 is 1.30 bits per heavy atom. The van der Waals surface area contributed by atoms with Gasteiger partial charge >= 0.3 is 6.18 Å². The molecule has 1 aliphatic heterocycles. The van der Waals surface area contributed by atoms with E-state index < -0.39 is 38.6 Å². The normalized spacial score (nSPS) is 21.4. The first-order valence-electron chi connectivity index (χ1n) is 5.67. The van der Waals surface area contributed by atoms with Crippen LogP contribution < -0.4 is 0 Å². The van der Waals surface area contributed by atoms with Gasteiger partial charge in [-0.3, -0.25) is 0 Å². The van der Waals surface area contributed by atoms with Crippen LogP contribution in [-0.2, 0) is 16.2 Å². The van der Waals surface area contributed by atoms with Crippen LogP contribution >= 0.6 is 0 Å². The van der Waals surface area contributed by atoms with Crippen molar-refractivity contribution in [1.29, 1.82) is 0 Å². The lowest BCUT2D eigenvalue weighted by Gasteiger charge is -2.17. The van der Waals surface area contributed by atoms with Crippen molar-refractivity contribution in [2.75, 3.05) is 13.1 Å². The van der Waals surface area contributed by atoms with Crippen molar-refractivity contribution in [3.8, 4) is 0 Å². The fourth-order valence-corrected chi connectivity index (χ4v) is 3.48. The van der Waals surface area contributed by atoms with Gasteiger partial charge in [-0.05, 0) is 24.6 Å². The third-order valence-electron chi connectivity index (χ3n) is 3.01. The molecule has 0 unspecified atom stereocenters. The Bertz CT molecular complexity index is 615. The second-order valence-corrected chi connectivity index (χ2v) is 6.38. The molecule has 1 aromatic rings. The van der Waals surface area contributed by atoms with E-state index in [1.807, 2.05) is 0 Å². The van der Waals surface area contributed by atoms with Crippen LogP contribution in [0.15, 0.2) is 23.1 Å². The summed E-state index contributed by atoms with van der Waals surface area (Å²) in [5, 5.41) is 9.29. The van der Waals surface area contributed by atoms with Gasteiger partial charge in [-0.2, -0.15) is 17.5 Å². The maximum Gasteiger partial charge on any atom is 0.419 e. The van der Waals surface area contributed by atoms with E-state index in [1.54, 1.807) is 0 Å². The molecule has 1 atom stereocenters. The first kappa shape index (κ1) is 15.2. The van der Waals surface area contributed by atoms with Gasteiger partial charge in [0.05, 0.1) is 16.6 Å². The number of sulfonamides is 1. The van der Waals surface area contributed by atoms with Crippen molar-refractivity contribution in [3.63, 3.8) is 0 Å². The van der Waals surface area contributed by atoms with Gasteiger partial charge in [0, 0.05) is 13.1 Å². The van der Waals surface area contributed by atoms with Gasteiger partial charge in [0.2, 0.25) is 10.0 Å². The molecular formula is C11H11F4NO3S. The van der Waals surface area contributed by atoms with Crippen LogP contribution in [0.5, 0.6) is 0 Å². The molecule has 0 saturated carbocycles. The molecule has 1 heterocycles. The Morgan fingerprint density at radius 2 is 1.95 bits per heavy atom. The number of benzene rings is 1. The molecule has 0 aliphatic carbocycles. The third-order valence-corrected chi connectivity index (χ3v) is 4.87. The maximum atomic E-state index is 13.1. The van der Waals surface area contributed by atoms with Gasteiger partial charge in [-0.25, -0.2) is 12.8 Å². The van der Waals surface area contributed by atoms with Crippen molar-refractivity contribution in [1.82, 2.24) is 4.31 Å². The third kappa shape index (κ3) is 2.79. The number of nitrogens with zero attached hydrogens (tertiary/aromatic N) is 1. The maximum absolute atomic E-state index is 13.1. The van der Waals surface area contributed by atoms with Gasteiger partial charge in [0.1, 0.15) is 5.82 Å². The first-order valence-corrected chi connectivity index (χ1v) is 7.11. The molecular weight excluding hydrogens is 302 g/mol. The molecule has 2 rings (SSSR count). The summed E-state index contributed by atoms with van der Waals surface area (Å²) in [5.41, 5.74) is -1.63. The molecule has 1 saturated heterocycles. The summed E-state index contributed by atoms with van der Waals surface area (Å²) in [6.07, 6.45) is -5.60. The summed E-state index contributed by atoms with van der Waals surface area (Å²) in [7, 11) is -4.16. The number of aliphatic hydroxyl groups excluding tert-OH is 1. The van der Waals surface area contributed by atoms with E-state index in [1.165, 1.54) is 0 Å². The molecule has 1 aliphatic rings. The number of alkyl halides is 3. The molecule has 1 aromatic carbocycles. The molecule has 0 aromatic heterocycles. The molecule has 1 N–H and O–H groups in total. The number of hydrogen-bond acceptors (Lipinski definition) is 3. The van der Waals surface area contributed by atoms with Crippen LogP contribution in [0.4, 0.5) is 17.6 Å². The highest BCUT2D eigenvalue weighted by molar-refractivity contribution is 7.89. The predicted octanol–water partition coefficient (Wildman–Crippen LogP) is 1.60. The molecule has 0 radical (unpaired) electrons. The van der Waals surface area contributed by atoms with Crippen molar-refractivity contribution < 1.29 is 31.1 Å². The lowest BCUT2D eigenvalue weighted by Crippen LogP contribution is -2.30. The van der Waals surface area contributed by atoms with Gasteiger partial charge in [0.25, 0.3) is 0 Å². The summed E-state index contributed by atoms with van der Waals surface area (Å²) in [6, 6.07) is 1.53. The van der Waals surface area contributed by atoms with Crippen LogP contribution in [0, 0.1) is 5.82 Å². The van der Waals surface area contributed by atoms with E-state index in [2.05, 4.69) is 0 Å². The molecule has 4 nitrogen and oxygen atoms in total. The topological polar surface area (TPSA) is 57.6 Å². The van der Waals surface area contributed by atoms with Crippen molar-refractivity contribution in [3.05, 3.63) is 29.6 Å². The predicted molar refractivity (Wildman–Crippen MR) is 60.8 cm³/mol. The van der Waals surface area contributed by atoms with Crippen LogP contribution in [0.1, 0.15) is 12.0 Å². The minimum Gasteiger partial charge on any atom is -0.392 e.